The molecule has 118 valence electrons. The van der Waals surface area contributed by atoms with E-state index in [9.17, 15) is 4.79 Å². The van der Waals surface area contributed by atoms with Crippen LogP contribution in [0.4, 0.5) is 0 Å². The predicted octanol–water partition coefficient (Wildman–Crippen LogP) is 2.76. The van der Waals surface area contributed by atoms with Gasteiger partial charge in [0.2, 0.25) is 0 Å². The van der Waals surface area contributed by atoms with Gasteiger partial charge in [-0.05, 0) is 50.2 Å². The first-order valence-electron chi connectivity index (χ1n) is 7.57. The number of aromatic nitrogens is 3. The maximum absolute atomic E-state index is 12.3. The van der Waals surface area contributed by atoms with Gasteiger partial charge in [0.15, 0.2) is 0 Å². The number of hydrogen-bond donors (Lipinski definition) is 1. The third kappa shape index (κ3) is 3.04. The van der Waals surface area contributed by atoms with Crippen molar-refractivity contribution in [3.8, 4) is 5.69 Å². The van der Waals surface area contributed by atoms with Crippen molar-refractivity contribution in [2.75, 3.05) is 0 Å². The largest absolute Gasteiger partial charge is 0.348 e. The van der Waals surface area contributed by atoms with E-state index in [0.29, 0.717) is 12.1 Å². The van der Waals surface area contributed by atoms with Crippen LogP contribution in [-0.2, 0) is 13.6 Å². The SMILES string of the molecule is Cc1nn(C)c(C)c1CNC(=O)c1ccc(-n2cccc2)cc1. The van der Waals surface area contributed by atoms with Crippen molar-refractivity contribution >= 4 is 5.91 Å². The zero-order chi connectivity index (χ0) is 16.4. The Morgan fingerprint density at radius 1 is 1.13 bits per heavy atom. The minimum absolute atomic E-state index is 0.0771. The standard InChI is InChI=1S/C18H20N4O/c1-13-17(14(2)21(3)20-13)12-19-18(23)15-6-8-16(9-7-15)22-10-4-5-11-22/h4-11H,12H2,1-3H3,(H,19,23). The predicted molar refractivity (Wildman–Crippen MR) is 89.6 cm³/mol. The van der Waals surface area contributed by atoms with E-state index < -0.39 is 0 Å². The summed E-state index contributed by atoms with van der Waals surface area (Å²) in [6.07, 6.45) is 3.95. The highest BCUT2D eigenvalue weighted by atomic mass is 16.1. The van der Waals surface area contributed by atoms with E-state index in [1.54, 1.807) is 0 Å². The van der Waals surface area contributed by atoms with Gasteiger partial charge in [-0.15, -0.1) is 0 Å². The molecule has 3 aromatic rings. The summed E-state index contributed by atoms with van der Waals surface area (Å²) >= 11 is 0. The molecule has 2 heterocycles. The average molecular weight is 308 g/mol. The monoisotopic (exact) mass is 308 g/mol. The maximum Gasteiger partial charge on any atom is 0.251 e. The zero-order valence-corrected chi connectivity index (χ0v) is 13.6. The topological polar surface area (TPSA) is 51.9 Å². The molecule has 5 heteroatoms. The van der Waals surface area contributed by atoms with Gasteiger partial charge in [0.25, 0.3) is 5.91 Å². The summed E-state index contributed by atoms with van der Waals surface area (Å²) < 4.78 is 3.84. The quantitative estimate of drug-likeness (QED) is 0.806. The summed E-state index contributed by atoms with van der Waals surface area (Å²) in [7, 11) is 1.91. The Morgan fingerprint density at radius 2 is 1.78 bits per heavy atom. The molecule has 0 bridgehead atoms. The van der Waals surface area contributed by atoms with Crippen LogP contribution in [-0.4, -0.2) is 20.3 Å². The van der Waals surface area contributed by atoms with E-state index in [2.05, 4.69) is 10.4 Å². The fourth-order valence-corrected chi connectivity index (χ4v) is 2.64. The lowest BCUT2D eigenvalue weighted by molar-refractivity contribution is 0.0951. The van der Waals surface area contributed by atoms with E-state index in [1.165, 1.54) is 0 Å². The minimum Gasteiger partial charge on any atom is -0.348 e. The van der Waals surface area contributed by atoms with Gasteiger partial charge in [0.1, 0.15) is 0 Å². The second-order valence-electron chi connectivity index (χ2n) is 5.59. The second kappa shape index (κ2) is 6.12. The fraction of sp³-hybridized carbons (Fsp3) is 0.222. The lowest BCUT2D eigenvalue weighted by Gasteiger charge is -2.07. The second-order valence-corrected chi connectivity index (χ2v) is 5.59. The van der Waals surface area contributed by atoms with Gasteiger partial charge in [0.05, 0.1) is 5.69 Å². The minimum atomic E-state index is -0.0771. The van der Waals surface area contributed by atoms with Gasteiger partial charge < -0.3 is 9.88 Å². The first kappa shape index (κ1) is 15.1. The molecule has 1 amide bonds. The van der Waals surface area contributed by atoms with Crippen molar-refractivity contribution < 1.29 is 4.79 Å². The van der Waals surface area contributed by atoms with E-state index >= 15 is 0 Å². The van der Waals surface area contributed by atoms with Gasteiger partial charge in [-0.1, -0.05) is 0 Å². The Balaban J connectivity index is 1.69. The summed E-state index contributed by atoms with van der Waals surface area (Å²) in [6.45, 7) is 4.46. The molecule has 0 radical (unpaired) electrons. The smallest absolute Gasteiger partial charge is 0.251 e. The highest BCUT2D eigenvalue weighted by Gasteiger charge is 2.11. The number of amides is 1. The van der Waals surface area contributed by atoms with Gasteiger partial charge >= 0.3 is 0 Å². The van der Waals surface area contributed by atoms with Crippen LogP contribution < -0.4 is 5.32 Å². The molecule has 2 aromatic heterocycles. The first-order valence-corrected chi connectivity index (χ1v) is 7.57. The van der Waals surface area contributed by atoms with E-state index in [-0.39, 0.29) is 5.91 Å². The number of benzene rings is 1. The number of carbonyl (C=O) groups is 1. The van der Waals surface area contributed by atoms with Gasteiger partial charge in [-0.3, -0.25) is 9.48 Å². The van der Waals surface area contributed by atoms with Crippen LogP contribution in [0.5, 0.6) is 0 Å². The highest BCUT2D eigenvalue weighted by Crippen LogP contribution is 2.13. The Bertz CT molecular complexity index is 814. The highest BCUT2D eigenvalue weighted by molar-refractivity contribution is 5.94. The molecular weight excluding hydrogens is 288 g/mol. The number of nitrogens with one attached hydrogen (secondary N) is 1. The molecule has 0 atom stereocenters. The molecule has 5 nitrogen and oxygen atoms in total. The van der Waals surface area contributed by atoms with Crippen molar-refractivity contribution in [2.24, 2.45) is 7.05 Å². The summed E-state index contributed by atoms with van der Waals surface area (Å²) in [5.41, 5.74) is 4.79. The Kier molecular flexibility index (Phi) is 4.02. The molecule has 3 rings (SSSR count). The number of hydrogen-bond acceptors (Lipinski definition) is 2. The molecule has 0 fully saturated rings. The van der Waals surface area contributed by atoms with Crippen LogP contribution >= 0.6 is 0 Å². The normalized spacial score (nSPS) is 10.7. The van der Waals surface area contributed by atoms with E-state index in [1.807, 2.05) is 78.9 Å². The Hall–Kier alpha value is -2.82. The van der Waals surface area contributed by atoms with Gasteiger partial charge in [-0.25, -0.2) is 0 Å². The average Bonchev–Trinajstić information content (AvgIpc) is 3.16. The lowest BCUT2D eigenvalue weighted by Crippen LogP contribution is -2.23. The number of rotatable bonds is 4. The summed E-state index contributed by atoms with van der Waals surface area (Å²) in [5, 5.41) is 7.33. The fourth-order valence-electron chi connectivity index (χ4n) is 2.64. The molecule has 0 aliphatic rings. The van der Waals surface area contributed by atoms with Crippen molar-refractivity contribution in [3.05, 3.63) is 71.3 Å². The molecule has 0 saturated carbocycles. The van der Waals surface area contributed by atoms with Gasteiger partial charge in [-0.2, -0.15) is 5.10 Å². The molecule has 0 aliphatic heterocycles. The molecule has 0 spiro atoms. The zero-order valence-electron chi connectivity index (χ0n) is 13.6. The molecule has 1 aromatic carbocycles. The third-order valence-corrected chi connectivity index (χ3v) is 4.12. The Morgan fingerprint density at radius 3 is 2.35 bits per heavy atom. The van der Waals surface area contributed by atoms with Crippen molar-refractivity contribution in [1.29, 1.82) is 0 Å². The van der Waals surface area contributed by atoms with Crippen LogP contribution in [0, 0.1) is 13.8 Å². The van der Waals surface area contributed by atoms with Crippen molar-refractivity contribution in [1.82, 2.24) is 19.7 Å². The van der Waals surface area contributed by atoms with Crippen molar-refractivity contribution in [2.45, 2.75) is 20.4 Å². The molecule has 1 N–H and O–H groups in total. The van der Waals surface area contributed by atoms with Crippen LogP contribution in [0.3, 0.4) is 0 Å². The van der Waals surface area contributed by atoms with Gasteiger partial charge in [0, 0.05) is 48.5 Å². The molecule has 23 heavy (non-hydrogen) atoms. The maximum atomic E-state index is 12.3. The first-order chi connectivity index (χ1) is 11.1. The lowest BCUT2D eigenvalue weighted by atomic mass is 10.1. The van der Waals surface area contributed by atoms with Crippen LogP contribution in [0.25, 0.3) is 5.69 Å². The molecule has 0 saturated heterocycles. The van der Waals surface area contributed by atoms with E-state index in [4.69, 9.17) is 0 Å². The van der Waals surface area contributed by atoms with Crippen LogP contribution in [0.2, 0.25) is 0 Å². The number of carbonyl (C=O) groups excluding carboxylic acids is 1. The summed E-state index contributed by atoms with van der Waals surface area (Å²) in [6, 6.07) is 11.5. The summed E-state index contributed by atoms with van der Waals surface area (Å²) in [5.74, 6) is -0.0771. The number of aryl methyl sites for hydroxylation is 2. The van der Waals surface area contributed by atoms with Crippen LogP contribution in [0.1, 0.15) is 27.3 Å². The van der Waals surface area contributed by atoms with Crippen molar-refractivity contribution in [3.63, 3.8) is 0 Å². The van der Waals surface area contributed by atoms with E-state index in [0.717, 1.165) is 22.6 Å². The summed E-state index contributed by atoms with van der Waals surface area (Å²) in [4.78, 5) is 12.3. The molecule has 0 unspecified atom stereocenters. The van der Waals surface area contributed by atoms with Crippen LogP contribution in [0.15, 0.2) is 48.8 Å². The third-order valence-electron chi connectivity index (χ3n) is 4.12. The number of nitrogens with zero attached hydrogens (tertiary/aromatic N) is 3. The molecular formula is C18H20N4O. The Labute approximate surface area is 135 Å². The molecule has 0 aliphatic carbocycles.